The summed E-state index contributed by atoms with van der Waals surface area (Å²) >= 11 is 0. The van der Waals surface area contributed by atoms with Crippen LogP contribution in [0.25, 0.3) is 0 Å². The van der Waals surface area contributed by atoms with Crippen LogP contribution in [0.4, 0.5) is 0 Å². The highest BCUT2D eigenvalue weighted by Crippen LogP contribution is 2.26. The zero-order valence-electron chi connectivity index (χ0n) is 17.3. The summed E-state index contributed by atoms with van der Waals surface area (Å²) in [7, 11) is 0. The van der Waals surface area contributed by atoms with Gasteiger partial charge in [-0.15, -0.1) is 0 Å². The first-order valence-corrected chi connectivity index (χ1v) is 10.3. The van der Waals surface area contributed by atoms with Gasteiger partial charge in [0.25, 0.3) is 0 Å². The molecule has 0 radical (unpaired) electrons. The monoisotopic (exact) mass is 355 g/mol. The van der Waals surface area contributed by atoms with Gasteiger partial charge in [-0.2, -0.15) is 0 Å². The second-order valence-corrected chi connectivity index (χ2v) is 7.13. The molecular weight excluding hydrogens is 318 g/mol. The number of carbonyl (C=O) groups is 1. The fourth-order valence-corrected chi connectivity index (χ4v) is 3.36. The normalized spacial score (nSPS) is 14.2. The Balaban J connectivity index is 3.07. The summed E-state index contributed by atoms with van der Waals surface area (Å²) in [6, 6.07) is 8.63. The molecule has 1 rings (SSSR count). The van der Waals surface area contributed by atoms with E-state index in [0.717, 1.165) is 32.1 Å². The molecule has 0 aliphatic rings. The van der Waals surface area contributed by atoms with Crippen molar-refractivity contribution in [2.45, 2.75) is 72.8 Å². The van der Waals surface area contributed by atoms with E-state index in [-0.39, 0.29) is 23.8 Å². The lowest BCUT2D eigenvalue weighted by Crippen LogP contribution is -2.36. The van der Waals surface area contributed by atoms with Gasteiger partial charge in [0.05, 0.1) is 6.04 Å². The Morgan fingerprint density at radius 2 is 1.81 bits per heavy atom. The van der Waals surface area contributed by atoms with Crippen molar-refractivity contribution in [3.63, 3.8) is 0 Å². The summed E-state index contributed by atoms with van der Waals surface area (Å²) in [5.74, 6) is 0.548. The maximum atomic E-state index is 12.9. The van der Waals surface area contributed by atoms with E-state index in [9.17, 15) is 4.79 Å². The third-order valence-electron chi connectivity index (χ3n) is 4.91. The third-order valence-corrected chi connectivity index (χ3v) is 4.91. The van der Waals surface area contributed by atoms with E-state index < -0.39 is 0 Å². The lowest BCUT2D eigenvalue weighted by atomic mass is 9.90. The molecule has 0 fully saturated rings. The first kappa shape index (κ1) is 22.2. The molecule has 0 aromatic heterocycles. The SMILES string of the molecule is C/C=C\C=C/C(C)C(NC(=O)C(CCC)CCC)c1cccc(CC)c1. The molecule has 2 heteroatoms. The highest BCUT2D eigenvalue weighted by atomic mass is 16.1. The minimum absolute atomic E-state index is 0.00622. The summed E-state index contributed by atoms with van der Waals surface area (Å²) in [5.41, 5.74) is 2.51. The van der Waals surface area contributed by atoms with Gasteiger partial charge in [0.15, 0.2) is 0 Å². The zero-order chi connectivity index (χ0) is 19.4. The Morgan fingerprint density at radius 3 is 2.38 bits per heavy atom. The zero-order valence-corrected chi connectivity index (χ0v) is 17.3. The van der Waals surface area contributed by atoms with Crippen molar-refractivity contribution in [2.24, 2.45) is 11.8 Å². The number of carbonyl (C=O) groups excluding carboxylic acids is 1. The molecule has 1 aromatic rings. The molecule has 0 spiro atoms. The van der Waals surface area contributed by atoms with Gasteiger partial charge in [0, 0.05) is 5.92 Å². The van der Waals surface area contributed by atoms with Crippen LogP contribution in [-0.4, -0.2) is 5.91 Å². The molecule has 144 valence electrons. The maximum absolute atomic E-state index is 12.9. The largest absolute Gasteiger partial charge is 0.348 e. The van der Waals surface area contributed by atoms with Crippen LogP contribution in [0.1, 0.15) is 77.5 Å². The molecule has 1 aromatic carbocycles. The van der Waals surface area contributed by atoms with Crippen molar-refractivity contribution in [3.8, 4) is 0 Å². The highest BCUT2D eigenvalue weighted by molar-refractivity contribution is 5.79. The molecule has 2 atom stereocenters. The Kier molecular flexibility index (Phi) is 10.7. The van der Waals surface area contributed by atoms with Crippen molar-refractivity contribution < 1.29 is 4.79 Å². The van der Waals surface area contributed by atoms with Gasteiger partial charge >= 0.3 is 0 Å². The predicted molar refractivity (Wildman–Crippen MR) is 113 cm³/mol. The molecule has 0 saturated carbocycles. The van der Waals surface area contributed by atoms with Crippen molar-refractivity contribution in [1.29, 1.82) is 0 Å². The first-order chi connectivity index (χ1) is 12.6. The van der Waals surface area contributed by atoms with Crippen LogP contribution in [0, 0.1) is 11.8 Å². The van der Waals surface area contributed by atoms with Crippen LogP contribution in [0.15, 0.2) is 48.6 Å². The number of hydrogen-bond donors (Lipinski definition) is 1. The van der Waals surface area contributed by atoms with Gasteiger partial charge in [-0.3, -0.25) is 4.79 Å². The van der Waals surface area contributed by atoms with Crippen molar-refractivity contribution in [3.05, 3.63) is 59.7 Å². The summed E-state index contributed by atoms with van der Waals surface area (Å²) in [6.07, 6.45) is 13.3. The van der Waals surface area contributed by atoms with Crippen molar-refractivity contribution >= 4 is 5.91 Å². The molecule has 0 heterocycles. The van der Waals surface area contributed by atoms with E-state index >= 15 is 0 Å². The second-order valence-electron chi connectivity index (χ2n) is 7.13. The fraction of sp³-hybridized carbons (Fsp3) is 0.542. The van der Waals surface area contributed by atoms with E-state index in [0.29, 0.717) is 0 Å². The molecule has 2 nitrogen and oxygen atoms in total. The Morgan fingerprint density at radius 1 is 1.12 bits per heavy atom. The lowest BCUT2D eigenvalue weighted by molar-refractivity contribution is -0.126. The standard InChI is InChI=1S/C24H37NO/c1-6-10-11-15-19(5)23(22-17-12-16-20(9-4)18-22)25-24(26)21(13-7-2)14-8-3/h6,10-12,15-19,21,23H,7-9,13-14H2,1-5H3,(H,25,26)/b10-6-,15-11-. The number of hydrogen-bond acceptors (Lipinski definition) is 1. The number of nitrogens with one attached hydrogen (secondary N) is 1. The Bertz CT molecular complexity index is 582. The van der Waals surface area contributed by atoms with Crippen LogP contribution >= 0.6 is 0 Å². The summed E-state index contributed by atoms with van der Waals surface area (Å²) < 4.78 is 0. The average molecular weight is 356 g/mol. The lowest BCUT2D eigenvalue weighted by Gasteiger charge is -2.27. The molecule has 0 saturated heterocycles. The molecule has 0 aliphatic heterocycles. The predicted octanol–water partition coefficient (Wildman–Crippen LogP) is 6.39. The number of amides is 1. The molecule has 1 N–H and O–H groups in total. The molecular formula is C24H37NO. The number of aryl methyl sites for hydroxylation is 1. The van der Waals surface area contributed by atoms with Crippen LogP contribution in [0.2, 0.25) is 0 Å². The first-order valence-electron chi connectivity index (χ1n) is 10.3. The van der Waals surface area contributed by atoms with E-state index in [2.05, 4.69) is 69.4 Å². The second kappa shape index (κ2) is 12.5. The van der Waals surface area contributed by atoms with E-state index in [4.69, 9.17) is 0 Å². The average Bonchev–Trinajstić information content (AvgIpc) is 2.65. The van der Waals surface area contributed by atoms with E-state index in [1.165, 1.54) is 11.1 Å². The third kappa shape index (κ3) is 7.19. The number of allylic oxidation sites excluding steroid dienone is 3. The minimum Gasteiger partial charge on any atom is -0.348 e. The van der Waals surface area contributed by atoms with Gasteiger partial charge in [-0.05, 0) is 43.2 Å². The van der Waals surface area contributed by atoms with Crippen molar-refractivity contribution in [1.82, 2.24) is 5.32 Å². The molecule has 1 amide bonds. The van der Waals surface area contributed by atoms with Crippen LogP contribution in [0.5, 0.6) is 0 Å². The van der Waals surface area contributed by atoms with Crippen LogP contribution in [-0.2, 0) is 11.2 Å². The fourth-order valence-electron chi connectivity index (χ4n) is 3.36. The van der Waals surface area contributed by atoms with Crippen molar-refractivity contribution in [2.75, 3.05) is 0 Å². The number of rotatable bonds is 11. The van der Waals surface area contributed by atoms with Gasteiger partial charge in [0.1, 0.15) is 0 Å². The van der Waals surface area contributed by atoms with Gasteiger partial charge in [0.2, 0.25) is 5.91 Å². The minimum atomic E-state index is 0.00622. The summed E-state index contributed by atoms with van der Waals surface area (Å²) in [6.45, 7) is 10.7. The topological polar surface area (TPSA) is 29.1 Å². The summed E-state index contributed by atoms with van der Waals surface area (Å²) in [4.78, 5) is 12.9. The maximum Gasteiger partial charge on any atom is 0.223 e. The smallest absolute Gasteiger partial charge is 0.223 e. The molecule has 0 aliphatic carbocycles. The molecule has 0 bridgehead atoms. The quantitative estimate of drug-likeness (QED) is 0.458. The highest BCUT2D eigenvalue weighted by Gasteiger charge is 2.24. The van der Waals surface area contributed by atoms with E-state index in [1.807, 2.05) is 19.1 Å². The van der Waals surface area contributed by atoms with Gasteiger partial charge < -0.3 is 5.32 Å². The van der Waals surface area contributed by atoms with Gasteiger partial charge in [-0.1, -0.05) is 89.1 Å². The van der Waals surface area contributed by atoms with Crippen LogP contribution < -0.4 is 5.32 Å². The summed E-state index contributed by atoms with van der Waals surface area (Å²) in [5, 5.41) is 3.37. The van der Waals surface area contributed by atoms with Gasteiger partial charge in [-0.25, -0.2) is 0 Å². The molecule has 26 heavy (non-hydrogen) atoms. The van der Waals surface area contributed by atoms with Crippen LogP contribution in [0.3, 0.4) is 0 Å². The van der Waals surface area contributed by atoms with E-state index in [1.54, 1.807) is 0 Å². The number of benzene rings is 1. The Labute approximate surface area is 160 Å². The Hall–Kier alpha value is -1.83. The molecule has 2 unspecified atom stereocenters.